The number of nitrogens with zero attached hydrogens (tertiary/aromatic N) is 3. The van der Waals surface area contributed by atoms with Gasteiger partial charge in [0.15, 0.2) is 23.2 Å². The number of hydrogen-bond donors (Lipinski definition) is 0. The standard InChI is InChI=1S/C22H24F3N3O5S2/c1-5-9-34(30,31)28(35(32,33)10-6-2)18-12-16(23)20(24)19(21(18)25)22(29)15-7-8-17(14(3)11-15)27-13-26-4/h7-8,11-13H,4-6,9-10H2,1-3H3/b27-13-. The van der Waals surface area contributed by atoms with Crippen molar-refractivity contribution in [3.05, 3.63) is 58.4 Å². The van der Waals surface area contributed by atoms with Crippen LogP contribution in [0.4, 0.5) is 24.5 Å². The van der Waals surface area contributed by atoms with Crippen molar-refractivity contribution in [2.75, 3.05) is 15.2 Å². The number of aliphatic imine (C=N–C) groups is 2. The molecule has 0 heterocycles. The molecule has 2 rings (SSSR count). The zero-order valence-corrected chi connectivity index (χ0v) is 20.9. The molecule has 2 aromatic rings. The predicted octanol–water partition coefficient (Wildman–Crippen LogP) is 4.29. The van der Waals surface area contributed by atoms with Crippen molar-refractivity contribution in [1.82, 2.24) is 0 Å². The van der Waals surface area contributed by atoms with Crippen molar-refractivity contribution in [1.29, 1.82) is 0 Å². The lowest BCUT2D eigenvalue weighted by Gasteiger charge is -2.25. The molecule has 0 aliphatic carbocycles. The highest BCUT2D eigenvalue weighted by Gasteiger charge is 2.38. The Morgan fingerprint density at radius 2 is 1.57 bits per heavy atom. The van der Waals surface area contributed by atoms with Gasteiger partial charge in [0.05, 0.1) is 22.8 Å². The van der Waals surface area contributed by atoms with Crippen LogP contribution in [0.3, 0.4) is 0 Å². The van der Waals surface area contributed by atoms with E-state index in [1.54, 1.807) is 6.92 Å². The summed E-state index contributed by atoms with van der Waals surface area (Å²) in [5.74, 6) is -8.22. The Morgan fingerprint density at radius 1 is 1.00 bits per heavy atom. The normalized spacial score (nSPS) is 12.2. The fourth-order valence-corrected chi connectivity index (χ4v) is 7.33. The van der Waals surface area contributed by atoms with Crippen molar-refractivity contribution >= 4 is 50.3 Å². The Hall–Kier alpha value is -3.06. The molecule has 190 valence electrons. The number of benzene rings is 2. The van der Waals surface area contributed by atoms with E-state index in [4.69, 9.17) is 0 Å². The lowest BCUT2D eigenvalue weighted by Crippen LogP contribution is -2.40. The van der Waals surface area contributed by atoms with Crippen LogP contribution in [0.25, 0.3) is 0 Å². The molecule has 0 amide bonds. The molecule has 0 aliphatic heterocycles. The second-order valence-corrected chi connectivity index (χ2v) is 11.6. The maximum atomic E-state index is 15.5. The van der Waals surface area contributed by atoms with E-state index in [1.807, 2.05) is 0 Å². The fourth-order valence-electron chi connectivity index (χ4n) is 3.27. The molecule has 0 N–H and O–H groups in total. The Bertz CT molecular complexity index is 1360. The van der Waals surface area contributed by atoms with E-state index in [0.29, 0.717) is 11.3 Å². The molecule has 0 atom stereocenters. The third-order valence-corrected chi connectivity index (χ3v) is 9.34. The molecule has 0 unspecified atom stereocenters. The van der Waals surface area contributed by atoms with Crippen LogP contribution in [0.15, 0.2) is 34.3 Å². The van der Waals surface area contributed by atoms with E-state index in [0.717, 1.165) is 6.34 Å². The third kappa shape index (κ3) is 5.96. The SMILES string of the molecule is C=N/C=N\c1ccc(C(=O)c2c(F)c(F)cc(N(S(=O)(=O)CCC)S(=O)(=O)CCC)c2F)cc1C. The van der Waals surface area contributed by atoms with Crippen LogP contribution in [0.2, 0.25) is 0 Å². The molecule has 0 saturated carbocycles. The van der Waals surface area contributed by atoms with Gasteiger partial charge in [-0.2, -0.15) is 3.71 Å². The molecule has 2 aromatic carbocycles. The Labute approximate surface area is 202 Å². The molecule has 35 heavy (non-hydrogen) atoms. The van der Waals surface area contributed by atoms with E-state index >= 15 is 4.39 Å². The lowest BCUT2D eigenvalue weighted by atomic mass is 9.99. The van der Waals surface area contributed by atoms with Gasteiger partial charge in [0, 0.05) is 11.6 Å². The highest BCUT2D eigenvalue weighted by Crippen LogP contribution is 2.33. The molecule has 0 saturated heterocycles. The maximum Gasteiger partial charge on any atom is 0.248 e. The van der Waals surface area contributed by atoms with Gasteiger partial charge in [-0.05, 0) is 50.2 Å². The summed E-state index contributed by atoms with van der Waals surface area (Å²) in [6, 6.07) is 3.88. The number of sulfonamides is 2. The number of hydrogen-bond acceptors (Lipinski definition) is 6. The van der Waals surface area contributed by atoms with Crippen LogP contribution < -0.4 is 3.71 Å². The van der Waals surface area contributed by atoms with Crippen molar-refractivity contribution in [2.24, 2.45) is 9.98 Å². The highest BCUT2D eigenvalue weighted by atomic mass is 32.3. The molecule has 0 aliphatic rings. The van der Waals surface area contributed by atoms with Crippen molar-refractivity contribution < 1.29 is 34.8 Å². The van der Waals surface area contributed by atoms with Crippen LogP contribution in [-0.4, -0.2) is 47.2 Å². The van der Waals surface area contributed by atoms with Gasteiger partial charge in [-0.15, -0.1) is 0 Å². The second-order valence-electron chi connectivity index (χ2n) is 7.47. The smallest absolute Gasteiger partial charge is 0.248 e. The molecular formula is C22H24F3N3O5S2. The Morgan fingerprint density at radius 3 is 2.06 bits per heavy atom. The van der Waals surface area contributed by atoms with Crippen LogP contribution in [0.5, 0.6) is 0 Å². The van der Waals surface area contributed by atoms with Crippen molar-refractivity contribution in [3.8, 4) is 0 Å². The van der Waals surface area contributed by atoms with Crippen LogP contribution in [0, 0.1) is 24.4 Å². The number of carbonyl (C=O) groups excluding carboxylic acids is 1. The summed E-state index contributed by atoms with van der Waals surface area (Å²) in [6.07, 6.45) is 1.07. The topological polar surface area (TPSA) is 113 Å². The third-order valence-electron chi connectivity index (χ3n) is 4.73. The molecule has 0 spiro atoms. The first-order valence-electron chi connectivity index (χ1n) is 10.4. The summed E-state index contributed by atoms with van der Waals surface area (Å²) in [4.78, 5) is 20.4. The number of rotatable bonds is 11. The maximum absolute atomic E-state index is 15.5. The van der Waals surface area contributed by atoms with Gasteiger partial charge < -0.3 is 0 Å². The number of anilines is 1. The van der Waals surface area contributed by atoms with Crippen molar-refractivity contribution in [3.63, 3.8) is 0 Å². The average Bonchev–Trinajstić information content (AvgIpc) is 2.76. The summed E-state index contributed by atoms with van der Waals surface area (Å²) in [5, 5.41) is 0. The molecule has 0 radical (unpaired) electrons. The van der Waals surface area contributed by atoms with Gasteiger partial charge in [0.1, 0.15) is 12.0 Å². The van der Waals surface area contributed by atoms with E-state index in [9.17, 15) is 30.4 Å². The average molecular weight is 532 g/mol. The van der Waals surface area contributed by atoms with E-state index < -0.39 is 66.0 Å². The first-order valence-corrected chi connectivity index (χ1v) is 13.6. The van der Waals surface area contributed by atoms with Gasteiger partial charge in [0.2, 0.25) is 20.0 Å². The number of aryl methyl sites for hydroxylation is 1. The van der Waals surface area contributed by atoms with Gasteiger partial charge in [-0.25, -0.2) is 35.0 Å². The van der Waals surface area contributed by atoms with Gasteiger partial charge in [-0.1, -0.05) is 13.8 Å². The van der Waals surface area contributed by atoms with Gasteiger partial charge in [0.25, 0.3) is 0 Å². The van der Waals surface area contributed by atoms with E-state index in [2.05, 4.69) is 16.7 Å². The van der Waals surface area contributed by atoms with Crippen LogP contribution in [0.1, 0.15) is 48.2 Å². The van der Waals surface area contributed by atoms with Crippen LogP contribution >= 0.6 is 0 Å². The molecule has 8 nitrogen and oxygen atoms in total. The van der Waals surface area contributed by atoms with E-state index in [-0.39, 0.29) is 28.2 Å². The second kappa shape index (κ2) is 11.1. The fraction of sp³-hybridized carbons (Fsp3) is 0.318. The molecule has 0 fully saturated rings. The molecule has 13 heteroatoms. The van der Waals surface area contributed by atoms with Crippen molar-refractivity contribution in [2.45, 2.75) is 33.6 Å². The number of halogens is 3. The number of carbonyl (C=O) groups is 1. The summed E-state index contributed by atoms with van der Waals surface area (Å²) in [6.45, 7) is 7.67. The molecular weight excluding hydrogens is 507 g/mol. The minimum absolute atomic E-state index is 0.0347. The largest absolute Gasteiger partial charge is 0.288 e. The minimum Gasteiger partial charge on any atom is -0.288 e. The number of ketones is 1. The summed E-state index contributed by atoms with van der Waals surface area (Å²) in [5.41, 5.74) is -2.19. The van der Waals surface area contributed by atoms with E-state index in [1.165, 1.54) is 32.0 Å². The first kappa shape index (κ1) is 28.2. The molecule has 0 bridgehead atoms. The van der Waals surface area contributed by atoms with Crippen LogP contribution in [-0.2, 0) is 20.0 Å². The van der Waals surface area contributed by atoms with Gasteiger partial charge in [-0.3, -0.25) is 9.79 Å². The summed E-state index contributed by atoms with van der Waals surface area (Å²) >= 11 is 0. The zero-order valence-electron chi connectivity index (χ0n) is 19.3. The molecule has 0 aromatic heterocycles. The quantitative estimate of drug-likeness (QED) is 0.186. The van der Waals surface area contributed by atoms with Gasteiger partial charge >= 0.3 is 0 Å². The zero-order chi connectivity index (χ0) is 26.6. The highest BCUT2D eigenvalue weighted by molar-refractivity contribution is 8.10. The summed E-state index contributed by atoms with van der Waals surface area (Å²) < 4.78 is 95.6. The monoisotopic (exact) mass is 531 g/mol. The first-order chi connectivity index (χ1) is 16.3. The summed E-state index contributed by atoms with van der Waals surface area (Å²) in [7, 11) is -9.42. The minimum atomic E-state index is -4.71. The Kier molecular flexibility index (Phi) is 8.95. The Balaban J connectivity index is 2.80. The lowest BCUT2D eigenvalue weighted by molar-refractivity contribution is 0.103. The predicted molar refractivity (Wildman–Crippen MR) is 129 cm³/mol.